The van der Waals surface area contributed by atoms with Crippen LogP contribution >= 0.6 is 0 Å². The van der Waals surface area contributed by atoms with Crippen molar-refractivity contribution < 1.29 is 14.6 Å². The molecular weight excluding hydrogens is 366 g/mol. The summed E-state index contributed by atoms with van der Waals surface area (Å²) in [5, 5.41) is 9.95. The second kappa shape index (κ2) is 8.38. The Hall–Kier alpha value is -3.30. The molecule has 6 heteroatoms. The zero-order chi connectivity index (χ0) is 21.0. The van der Waals surface area contributed by atoms with Gasteiger partial charge in [-0.15, -0.1) is 0 Å². The molecule has 2 aromatic heterocycles. The third-order valence-electron chi connectivity index (χ3n) is 4.20. The molecule has 0 atom stereocenters. The number of carbonyl (C=O) groups excluding carboxylic acids is 1. The summed E-state index contributed by atoms with van der Waals surface area (Å²) in [6.45, 7) is 6.09. The Bertz CT molecular complexity index is 1080. The fourth-order valence-electron chi connectivity index (χ4n) is 2.86. The molecule has 1 N–H and O–H groups in total. The number of aromatic nitrogens is 2. The normalized spacial score (nSPS) is 11.1. The van der Waals surface area contributed by atoms with E-state index in [2.05, 4.69) is 16.8 Å². The number of benzene rings is 1. The number of rotatable bonds is 3. The third-order valence-corrected chi connectivity index (χ3v) is 4.20. The van der Waals surface area contributed by atoms with E-state index in [0.29, 0.717) is 17.9 Å². The first-order chi connectivity index (χ1) is 13.8. The minimum atomic E-state index is -0.626. The summed E-state index contributed by atoms with van der Waals surface area (Å²) in [5.74, 6) is 6.21. The fourth-order valence-corrected chi connectivity index (χ4v) is 2.86. The van der Waals surface area contributed by atoms with Crippen LogP contribution < -0.4 is 4.90 Å². The van der Waals surface area contributed by atoms with Crippen molar-refractivity contribution in [2.24, 2.45) is 0 Å². The van der Waals surface area contributed by atoms with E-state index >= 15 is 0 Å². The van der Waals surface area contributed by atoms with Crippen molar-refractivity contribution in [1.82, 2.24) is 9.55 Å². The second-order valence-electron chi connectivity index (χ2n) is 7.71. The molecule has 6 nitrogen and oxygen atoms in total. The van der Waals surface area contributed by atoms with Gasteiger partial charge in [0.1, 0.15) is 11.3 Å². The smallest absolute Gasteiger partial charge is 0.421 e. The Kier molecular flexibility index (Phi) is 5.90. The fraction of sp³-hybridized carbons (Fsp3) is 0.304. The number of nitrogens with zero attached hydrogens (tertiary/aromatic N) is 3. The quantitative estimate of drug-likeness (QED) is 0.691. The number of fused-ring (bicyclic) bond motifs is 1. The highest BCUT2D eigenvalue weighted by molar-refractivity contribution is 5.89. The minimum Gasteiger partial charge on any atom is -0.443 e. The van der Waals surface area contributed by atoms with Gasteiger partial charge in [0, 0.05) is 36.4 Å². The number of aliphatic hydroxyl groups is 1. The van der Waals surface area contributed by atoms with Crippen LogP contribution in [-0.2, 0) is 4.74 Å². The number of hydrogen-bond acceptors (Lipinski definition) is 5. The molecule has 0 amide bonds. The van der Waals surface area contributed by atoms with E-state index in [0.717, 1.165) is 16.6 Å². The predicted molar refractivity (Wildman–Crippen MR) is 114 cm³/mol. The zero-order valence-electron chi connectivity index (χ0n) is 17.1. The molecule has 0 saturated heterocycles. The summed E-state index contributed by atoms with van der Waals surface area (Å²) in [6, 6.07) is 13.3. The molecule has 0 aliphatic heterocycles. The Labute approximate surface area is 170 Å². The standard InChI is InChI=1S/C23H25N3O3/c1-23(2,3)29-22(28)26-20(16-18-8-6-12-24-21(18)26)11-10-17-7-5-9-19(15-17)25(4)13-14-27/h5-9,12,15-16,27H,13-14H2,1-4H3. The lowest BCUT2D eigenvalue weighted by molar-refractivity contribution is 0.0542. The van der Waals surface area contributed by atoms with Crippen LogP contribution in [0.25, 0.3) is 11.0 Å². The van der Waals surface area contributed by atoms with Crippen LogP contribution in [0.2, 0.25) is 0 Å². The Morgan fingerprint density at radius 3 is 2.72 bits per heavy atom. The lowest BCUT2D eigenvalue weighted by Crippen LogP contribution is -2.27. The van der Waals surface area contributed by atoms with E-state index in [1.807, 2.05) is 75.2 Å². The molecule has 0 unspecified atom stereocenters. The van der Waals surface area contributed by atoms with E-state index in [4.69, 9.17) is 9.84 Å². The molecule has 0 spiro atoms. The SMILES string of the molecule is CN(CCO)c1cccc(C#Cc2cc3cccnc3n2C(=O)OC(C)(C)C)c1. The average Bonchev–Trinajstić information content (AvgIpc) is 3.04. The summed E-state index contributed by atoms with van der Waals surface area (Å²) >= 11 is 0. The van der Waals surface area contributed by atoms with Gasteiger partial charge in [0.2, 0.25) is 0 Å². The molecule has 0 saturated carbocycles. The lowest BCUT2D eigenvalue weighted by Gasteiger charge is -2.20. The van der Waals surface area contributed by atoms with Crippen molar-refractivity contribution in [2.75, 3.05) is 25.1 Å². The van der Waals surface area contributed by atoms with Crippen molar-refractivity contribution >= 4 is 22.8 Å². The maximum Gasteiger partial charge on any atom is 0.421 e. The van der Waals surface area contributed by atoms with Gasteiger partial charge >= 0.3 is 6.09 Å². The van der Waals surface area contributed by atoms with E-state index in [9.17, 15) is 4.79 Å². The van der Waals surface area contributed by atoms with Gasteiger partial charge in [-0.3, -0.25) is 0 Å². The number of hydrogen-bond donors (Lipinski definition) is 1. The molecule has 0 aliphatic carbocycles. The van der Waals surface area contributed by atoms with Crippen molar-refractivity contribution in [3.63, 3.8) is 0 Å². The monoisotopic (exact) mass is 391 g/mol. The summed E-state index contributed by atoms with van der Waals surface area (Å²) in [6.07, 6.45) is 1.13. The number of pyridine rings is 1. The van der Waals surface area contributed by atoms with E-state index in [-0.39, 0.29) is 6.61 Å². The molecule has 29 heavy (non-hydrogen) atoms. The van der Waals surface area contributed by atoms with Gasteiger partial charge in [0.25, 0.3) is 0 Å². The number of aliphatic hydroxyl groups excluding tert-OH is 1. The van der Waals surface area contributed by atoms with Crippen LogP contribution in [0.1, 0.15) is 32.0 Å². The van der Waals surface area contributed by atoms with Crippen molar-refractivity contribution in [1.29, 1.82) is 0 Å². The van der Waals surface area contributed by atoms with Crippen LogP contribution in [0, 0.1) is 11.8 Å². The molecule has 3 rings (SSSR count). The topological polar surface area (TPSA) is 67.6 Å². The molecule has 0 bridgehead atoms. The molecule has 2 heterocycles. The summed E-state index contributed by atoms with van der Waals surface area (Å²) in [4.78, 5) is 19.1. The van der Waals surface area contributed by atoms with Gasteiger partial charge in [-0.2, -0.15) is 0 Å². The maximum atomic E-state index is 12.8. The molecule has 0 radical (unpaired) electrons. The van der Waals surface area contributed by atoms with Crippen molar-refractivity contribution in [2.45, 2.75) is 26.4 Å². The van der Waals surface area contributed by atoms with Crippen LogP contribution in [0.5, 0.6) is 0 Å². The number of likely N-dealkylation sites (N-methyl/N-ethyl adjacent to an activating group) is 1. The molecule has 3 aromatic rings. The average molecular weight is 391 g/mol. The highest BCUT2D eigenvalue weighted by Crippen LogP contribution is 2.20. The minimum absolute atomic E-state index is 0.0788. The van der Waals surface area contributed by atoms with Gasteiger partial charge in [-0.05, 0) is 63.1 Å². The highest BCUT2D eigenvalue weighted by atomic mass is 16.6. The summed E-state index contributed by atoms with van der Waals surface area (Å²) < 4.78 is 6.96. The second-order valence-corrected chi connectivity index (χ2v) is 7.71. The van der Waals surface area contributed by atoms with Crippen molar-refractivity contribution in [3.05, 3.63) is 59.9 Å². The van der Waals surface area contributed by atoms with Gasteiger partial charge < -0.3 is 14.7 Å². The first kappa shape index (κ1) is 20.4. The van der Waals surface area contributed by atoms with E-state index < -0.39 is 11.7 Å². The number of ether oxygens (including phenoxy) is 1. The van der Waals surface area contributed by atoms with E-state index in [1.165, 1.54) is 4.57 Å². The highest BCUT2D eigenvalue weighted by Gasteiger charge is 2.22. The van der Waals surface area contributed by atoms with Gasteiger partial charge in [0.15, 0.2) is 5.65 Å². The summed E-state index contributed by atoms with van der Waals surface area (Å²) in [7, 11) is 1.91. The van der Waals surface area contributed by atoms with Gasteiger partial charge in [0.05, 0.1) is 6.61 Å². The van der Waals surface area contributed by atoms with Crippen molar-refractivity contribution in [3.8, 4) is 11.8 Å². The van der Waals surface area contributed by atoms with Crippen LogP contribution in [0.3, 0.4) is 0 Å². The Balaban J connectivity index is 2.01. The molecule has 150 valence electrons. The molecule has 0 fully saturated rings. The Morgan fingerprint density at radius 1 is 1.21 bits per heavy atom. The number of carbonyl (C=O) groups is 1. The predicted octanol–water partition coefficient (Wildman–Crippen LogP) is 3.65. The number of anilines is 1. The van der Waals surface area contributed by atoms with Crippen LogP contribution in [-0.4, -0.2) is 46.6 Å². The first-order valence-corrected chi connectivity index (χ1v) is 9.42. The summed E-state index contributed by atoms with van der Waals surface area (Å²) in [5.41, 5.74) is 2.17. The van der Waals surface area contributed by atoms with Gasteiger partial charge in [-0.25, -0.2) is 14.3 Å². The van der Waals surface area contributed by atoms with Gasteiger partial charge in [-0.1, -0.05) is 12.0 Å². The molecule has 0 aliphatic rings. The largest absolute Gasteiger partial charge is 0.443 e. The molecule has 1 aromatic carbocycles. The Morgan fingerprint density at radius 2 is 2.00 bits per heavy atom. The van der Waals surface area contributed by atoms with Crippen LogP contribution in [0.4, 0.5) is 10.5 Å². The maximum absolute atomic E-state index is 12.8. The van der Waals surface area contributed by atoms with Crippen LogP contribution in [0.15, 0.2) is 48.7 Å². The third kappa shape index (κ3) is 4.95. The van der Waals surface area contributed by atoms with E-state index in [1.54, 1.807) is 6.20 Å². The first-order valence-electron chi connectivity index (χ1n) is 9.42. The lowest BCUT2D eigenvalue weighted by atomic mass is 10.2. The zero-order valence-corrected chi connectivity index (χ0v) is 17.1. The molecular formula is C23H25N3O3.